The molecule has 2 heterocycles. The van der Waals surface area contributed by atoms with Gasteiger partial charge in [0.25, 0.3) is 5.91 Å². The molecule has 0 spiro atoms. The van der Waals surface area contributed by atoms with Crippen molar-refractivity contribution in [2.45, 2.75) is 13.0 Å². The van der Waals surface area contributed by atoms with Gasteiger partial charge in [0, 0.05) is 5.69 Å². The SMILES string of the molecule is COc1cc(C(=O)O[C@@H](C)C(=O)Nc2ccc3[nH]c(=O)[nH]c3c2)cc2c1OCCO2. The summed E-state index contributed by atoms with van der Waals surface area (Å²) in [5, 5.41) is 2.65. The van der Waals surface area contributed by atoms with Gasteiger partial charge in [0.2, 0.25) is 5.75 Å². The van der Waals surface area contributed by atoms with Crippen molar-refractivity contribution in [2.24, 2.45) is 0 Å². The van der Waals surface area contributed by atoms with E-state index in [9.17, 15) is 14.4 Å². The zero-order chi connectivity index (χ0) is 21.3. The molecule has 3 N–H and O–H groups in total. The number of fused-ring (bicyclic) bond motifs is 2. The van der Waals surface area contributed by atoms with Crippen LogP contribution in [0, 0.1) is 0 Å². The van der Waals surface area contributed by atoms with Gasteiger partial charge in [0.1, 0.15) is 13.2 Å². The molecule has 1 aliphatic heterocycles. The molecule has 0 fully saturated rings. The molecule has 0 unspecified atom stereocenters. The van der Waals surface area contributed by atoms with E-state index in [1.165, 1.54) is 26.2 Å². The number of carbonyl (C=O) groups is 2. The lowest BCUT2D eigenvalue weighted by Gasteiger charge is -2.21. The van der Waals surface area contributed by atoms with Crippen LogP contribution in [0.15, 0.2) is 35.1 Å². The number of aromatic amines is 2. The van der Waals surface area contributed by atoms with Crippen LogP contribution in [0.25, 0.3) is 11.0 Å². The minimum Gasteiger partial charge on any atom is -0.493 e. The minimum absolute atomic E-state index is 0.169. The van der Waals surface area contributed by atoms with Crippen molar-refractivity contribution in [3.05, 3.63) is 46.4 Å². The molecule has 0 aliphatic carbocycles. The van der Waals surface area contributed by atoms with Crippen molar-refractivity contribution < 1.29 is 28.5 Å². The lowest BCUT2D eigenvalue weighted by Crippen LogP contribution is -2.30. The fraction of sp³-hybridized carbons (Fsp3) is 0.250. The number of imidazole rings is 1. The topological polar surface area (TPSA) is 132 Å². The lowest BCUT2D eigenvalue weighted by molar-refractivity contribution is -0.123. The second-order valence-electron chi connectivity index (χ2n) is 6.58. The van der Waals surface area contributed by atoms with Crippen molar-refractivity contribution in [2.75, 3.05) is 25.6 Å². The van der Waals surface area contributed by atoms with Gasteiger partial charge in [0.15, 0.2) is 17.6 Å². The number of anilines is 1. The molecule has 156 valence electrons. The number of hydrogen-bond acceptors (Lipinski definition) is 7. The summed E-state index contributed by atoms with van der Waals surface area (Å²) >= 11 is 0. The average Bonchev–Trinajstić information content (AvgIpc) is 3.11. The minimum atomic E-state index is -1.07. The normalized spacial score (nSPS) is 13.5. The summed E-state index contributed by atoms with van der Waals surface area (Å²) in [5.41, 5.74) is 1.44. The number of ether oxygens (including phenoxy) is 4. The smallest absolute Gasteiger partial charge is 0.339 e. The van der Waals surface area contributed by atoms with Crippen molar-refractivity contribution in [3.8, 4) is 17.2 Å². The van der Waals surface area contributed by atoms with E-state index in [1.807, 2.05) is 0 Å². The number of benzene rings is 2. The van der Waals surface area contributed by atoms with Crippen molar-refractivity contribution in [1.82, 2.24) is 9.97 Å². The third-order valence-electron chi connectivity index (χ3n) is 4.50. The Hall–Kier alpha value is -3.95. The maximum absolute atomic E-state index is 12.5. The van der Waals surface area contributed by atoms with Gasteiger partial charge < -0.3 is 34.2 Å². The number of H-pyrrole nitrogens is 2. The number of amides is 1. The molecule has 0 saturated carbocycles. The third kappa shape index (κ3) is 3.79. The van der Waals surface area contributed by atoms with Crippen LogP contribution < -0.4 is 25.2 Å². The molecule has 30 heavy (non-hydrogen) atoms. The highest BCUT2D eigenvalue weighted by atomic mass is 16.6. The van der Waals surface area contributed by atoms with E-state index in [2.05, 4.69) is 15.3 Å². The van der Waals surface area contributed by atoms with E-state index < -0.39 is 18.0 Å². The zero-order valence-corrected chi connectivity index (χ0v) is 16.2. The van der Waals surface area contributed by atoms with Gasteiger partial charge in [-0.1, -0.05) is 0 Å². The number of esters is 1. The predicted octanol–water partition coefficient (Wildman–Crippen LogP) is 1.82. The molecule has 10 nitrogen and oxygen atoms in total. The monoisotopic (exact) mass is 413 g/mol. The fourth-order valence-electron chi connectivity index (χ4n) is 3.03. The van der Waals surface area contributed by atoms with Gasteiger partial charge in [-0.05, 0) is 37.3 Å². The Labute approximate surface area is 170 Å². The second kappa shape index (κ2) is 7.82. The van der Waals surface area contributed by atoms with Crippen LogP contribution in [0.1, 0.15) is 17.3 Å². The lowest BCUT2D eigenvalue weighted by atomic mass is 10.1. The van der Waals surface area contributed by atoms with Crippen molar-refractivity contribution in [1.29, 1.82) is 0 Å². The van der Waals surface area contributed by atoms with E-state index in [-0.39, 0.29) is 11.3 Å². The highest BCUT2D eigenvalue weighted by Crippen LogP contribution is 2.40. The van der Waals surface area contributed by atoms with Gasteiger partial charge in [-0.25, -0.2) is 9.59 Å². The van der Waals surface area contributed by atoms with E-state index >= 15 is 0 Å². The zero-order valence-electron chi connectivity index (χ0n) is 16.2. The van der Waals surface area contributed by atoms with Crippen molar-refractivity contribution >= 4 is 28.6 Å². The van der Waals surface area contributed by atoms with E-state index in [4.69, 9.17) is 18.9 Å². The van der Waals surface area contributed by atoms with Gasteiger partial charge in [0.05, 0.1) is 23.7 Å². The fourth-order valence-corrected chi connectivity index (χ4v) is 3.03. The molecule has 10 heteroatoms. The molecule has 1 amide bonds. The summed E-state index contributed by atoms with van der Waals surface area (Å²) in [6.45, 7) is 2.19. The molecule has 0 radical (unpaired) electrons. The van der Waals surface area contributed by atoms with Gasteiger partial charge in [-0.2, -0.15) is 0 Å². The highest BCUT2D eigenvalue weighted by Gasteiger charge is 2.24. The molecule has 3 aromatic rings. The molecule has 1 aromatic heterocycles. The summed E-state index contributed by atoms with van der Waals surface area (Å²) < 4.78 is 21.6. The van der Waals surface area contributed by atoms with Gasteiger partial charge in [-0.3, -0.25) is 4.79 Å². The summed E-state index contributed by atoms with van der Waals surface area (Å²) in [4.78, 5) is 41.5. The Balaban J connectivity index is 1.46. The molecule has 0 bridgehead atoms. The quantitative estimate of drug-likeness (QED) is 0.544. The molecular weight excluding hydrogens is 394 g/mol. The molecule has 4 rings (SSSR count). The van der Waals surface area contributed by atoms with Crippen molar-refractivity contribution in [3.63, 3.8) is 0 Å². The molecule has 2 aromatic carbocycles. The summed E-state index contributed by atoms with van der Waals surface area (Å²) in [6.07, 6.45) is -1.07. The molecule has 1 aliphatic rings. The van der Waals surface area contributed by atoms with Crippen LogP contribution in [-0.2, 0) is 9.53 Å². The van der Waals surface area contributed by atoms with Crippen LogP contribution in [0.3, 0.4) is 0 Å². The number of aromatic nitrogens is 2. The summed E-state index contributed by atoms with van der Waals surface area (Å²) in [7, 11) is 1.45. The highest BCUT2D eigenvalue weighted by molar-refractivity contribution is 5.98. The first kappa shape index (κ1) is 19.4. The largest absolute Gasteiger partial charge is 0.493 e. The third-order valence-corrected chi connectivity index (χ3v) is 4.50. The maximum Gasteiger partial charge on any atom is 0.339 e. The van der Waals surface area contributed by atoms with Crippen LogP contribution in [0.4, 0.5) is 5.69 Å². The van der Waals surface area contributed by atoms with E-state index in [1.54, 1.807) is 18.2 Å². The number of rotatable bonds is 5. The number of methoxy groups -OCH3 is 1. The Morgan fingerprint density at radius 1 is 1.10 bits per heavy atom. The van der Waals surface area contributed by atoms with Crippen LogP contribution in [0.2, 0.25) is 0 Å². The molecular formula is C20H19N3O7. The van der Waals surface area contributed by atoms with E-state index in [0.717, 1.165) is 0 Å². The second-order valence-corrected chi connectivity index (χ2v) is 6.58. The summed E-state index contributed by atoms with van der Waals surface area (Å²) in [6, 6.07) is 7.84. The summed E-state index contributed by atoms with van der Waals surface area (Å²) in [5.74, 6) is -0.101. The number of nitrogens with one attached hydrogen (secondary N) is 3. The average molecular weight is 413 g/mol. The first-order chi connectivity index (χ1) is 14.4. The predicted molar refractivity (Wildman–Crippen MR) is 106 cm³/mol. The standard InChI is InChI=1S/C20H19N3O7/c1-10(18(24)21-12-3-4-13-14(9-12)23-20(26)22-13)30-19(25)11-7-15(27-2)17-16(8-11)28-5-6-29-17/h3-4,7-10H,5-6H2,1-2H3,(H,21,24)(H2,22,23,26)/t10-/m0/s1. The van der Waals surface area contributed by atoms with E-state index in [0.29, 0.717) is 47.2 Å². The Kier molecular flexibility index (Phi) is 5.05. The maximum atomic E-state index is 12.5. The number of hydrogen-bond donors (Lipinski definition) is 3. The van der Waals surface area contributed by atoms with Crippen LogP contribution in [-0.4, -0.2) is 48.3 Å². The molecule has 0 saturated heterocycles. The van der Waals surface area contributed by atoms with Crippen LogP contribution >= 0.6 is 0 Å². The van der Waals surface area contributed by atoms with Crippen LogP contribution in [0.5, 0.6) is 17.2 Å². The van der Waals surface area contributed by atoms with Gasteiger partial charge >= 0.3 is 11.7 Å². The Bertz CT molecular complexity index is 1160. The first-order valence-electron chi connectivity index (χ1n) is 9.16. The first-order valence-corrected chi connectivity index (χ1v) is 9.16. The number of carbonyl (C=O) groups excluding carboxylic acids is 2. The van der Waals surface area contributed by atoms with Gasteiger partial charge in [-0.15, -0.1) is 0 Å². The molecule has 1 atom stereocenters. The Morgan fingerprint density at radius 3 is 2.67 bits per heavy atom. The Morgan fingerprint density at radius 2 is 1.87 bits per heavy atom.